The Labute approximate surface area is 164 Å². The van der Waals surface area contributed by atoms with Crippen molar-refractivity contribution < 1.29 is 19.1 Å². The number of rotatable bonds is 8. The fourth-order valence-corrected chi connectivity index (χ4v) is 2.76. The molecule has 7 heteroatoms. The van der Waals surface area contributed by atoms with Gasteiger partial charge in [-0.3, -0.25) is 14.5 Å². The number of carbonyl (C=O) groups is 3. The molecule has 0 aromatic heterocycles. The summed E-state index contributed by atoms with van der Waals surface area (Å²) in [6, 6.07) is 14.2. The van der Waals surface area contributed by atoms with E-state index < -0.39 is 5.97 Å². The number of esters is 1. The van der Waals surface area contributed by atoms with E-state index in [1.165, 1.54) is 7.11 Å². The van der Waals surface area contributed by atoms with E-state index in [0.29, 0.717) is 5.69 Å². The second-order valence-corrected chi connectivity index (χ2v) is 6.32. The van der Waals surface area contributed by atoms with Crippen LogP contribution in [0.15, 0.2) is 48.5 Å². The Morgan fingerprint density at radius 3 is 2.04 bits per heavy atom. The first-order valence-corrected chi connectivity index (χ1v) is 8.98. The summed E-state index contributed by atoms with van der Waals surface area (Å²) in [5.74, 6) is -1.06. The van der Waals surface area contributed by atoms with E-state index in [1.54, 1.807) is 36.2 Å². The molecule has 0 radical (unpaired) electrons. The van der Waals surface area contributed by atoms with E-state index in [2.05, 4.69) is 10.6 Å². The average Bonchev–Trinajstić information content (AvgIpc) is 2.67. The zero-order chi connectivity index (χ0) is 20.5. The molecule has 0 saturated heterocycles. The van der Waals surface area contributed by atoms with Crippen LogP contribution in [-0.4, -0.2) is 49.9 Å². The quantitative estimate of drug-likeness (QED) is 0.684. The van der Waals surface area contributed by atoms with Gasteiger partial charge in [-0.1, -0.05) is 37.3 Å². The van der Waals surface area contributed by atoms with Gasteiger partial charge < -0.3 is 15.4 Å². The molecule has 2 aromatic carbocycles. The molecule has 2 aromatic rings. The van der Waals surface area contributed by atoms with Crippen LogP contribution in [-0.2, 0) is 20.7 Å². The van der Waals surface area contributed by atoms with Crippen LogP contribution in [0.3, 0.4) is 0 Å². The highest BCUT2D eigenvalue weighted by atomic mass is 16.5. The number of aryl methyl sites for hydroxylation is 1. The molecule has 0 aliphatic carbocycles. The Hall–Kier alpha value is -3.19. The van der Waals surface area contributed by atoms with Crippen molar-refractivity contribution in [3.05, 3.63) is 59.7 Å². The van der Waals surface area contributed by atoms with E-state index in [4.69, 9.17) is 4.74 Å². The molecule has 0 heterocycles. The summed E-state index contributed by atoms with van der Waals surface area (Å²) >= 11 is 0. The van der Waals surface area contributed by atoms with Crippen molar-refractivity contribution in [1.29, 1.82) is 0 Å². The molecule has 28 heavy (non-hydrogen) atoms. The number of likely N-dealkylation sites (N-methyl/N-ethyl adjacent to an activating group) is 1. The lowest BCUT2D eigenvalue weighted by atomic mass is 10.1. The minimum Gasteiger partial charge on any atom is -0.465 e. The number of anilines is 2. The Kier molecular flexibility index (Phi) is 7.71. The highest BCUT2D eigenvalue weighted by molar-refractivity contribution is 6.02. The van der Waals surface area contributed by atoms with E-state index in [9.17, 15) is 14.4 Å². The lowest BCUT2D eigenvalue weighted by Crippen LogP contribution is -2.36. The average molecular weight is 383 g/mol. The number of methoxy groups -OCH3 is 1. The van der Waals surface area contributed by atoms with Gasteiger partial charge >= 0.3 is 5.97 Å². The number of carbonyl (C=O) groups excluding carboxylic acids is 3. The second kappa shape index (κ2) is 10.2. The molecular formula is C21H25N3O4. The van der Waals surface area contributed by atoms with Crippen molar-refractivity contribution in [3.63, 3.8) is 0 Å². The van der Waals surface area contributed by atoms with Gasteiger partial charge in [-0.15, -0.1) is 0 Å². The SMILES string of the molecule is CCc1ccccc1NC(=O)CN(C)CC(=O)Nc1ccccc1C(=O)OC. The van der Waals surface area contributed by atoms with Crippen LogP contribution in [0.5, 0.6) is 0 Å². The maximum absolute atomic E-state index is 12.3. The van der Waals surface area contributed by atoms with Gasteiger partial charge in [-0.2, -0.15) is 0 Å². The maximum atomic E-state index is 12.3. The highest BCUT2D eigenvalue weighted by Gasteiger charge is 2.15. The molecular weight excluding hydrogens is 358 g/mol. The monoisotopic (exact) mass is 383 g/mol. The number of hydrogen-bond acceptors (Lipinski definition) is 5. The summed E-state index contributed by atoms with van der Waals surface area (Å²) in [6.07, 6.45) is 0.814. The van der Waals surface area contributed by atoms with Gasteiger partial charge in [0.2, 0.25) is 11.8 Å². The first kappa shape index (κ1) is 21.1. The largest absolute Gasteiger partial charge is 0.465 e. The first-order chi connectivity index (χ1) is 13.4. The van der Waals surface area contributed by atoms with Crippen LogP contribution in [0.25, 0.3) is 0 Å². The fourth-order valence-electron chi connectivity index (χ4n) is 2.76. The Balaban J connectivity index is 1.91. The predicted molar refractivity (Wildman–Crippen MR) is 108 cm³/mol. The van der Waals surface area contributed by atoms with Crippen molar-refractivity contribution in [1.82, 2.24) is 4.90 Å². The molecule has 7 nitrogen and oxygen atoms in total. The van der Waals surface area contributed by atoms with Gasteiger partial charge in [0.25, 0.3) is 0 Å². The van der Waals surface area contributed by atoms with Gasteiger partial charge in [-0.25, -0.2) is 4.79 Å². The molecule has 0 aliphatic rings. The summed E-state index contributed by atoms with van der Waals surface area (Å²) in [6.45, 7) is 2.08. The van der Waals surface area contributed by atoms with Crippen LogP contribution in [0.1, 0.15) is 22.8 Å². The van der Waals surface area contributed by atoms with E-state index in [1.807, 2.05) is 31.2 Å². The number of nitrogens with one attached hydrogen (secondary N) is 2. The van der Waals surface area contributed by atoms with E-state index in [0.717, 1.165) is 17.7 Å². The van der Waals surface area contributed by atoms with Crippen LogP contribution in [0.2, 0.25) is 0 Å². The van der Waals surface area contributed by atoms with Crippen molar-refractivity contribution >= 4 is 29.2 Å². The zero-order valence-electron chi connectivity index (χ0n) is 16.3. The third-order valence-electron chi connectivity index (χ3n) is 4.11. The lowest BCUT2D eigenvalue weighted by Gasteiger charge is -2.17. The van der Waals surface area contributed by atoms with Gasteiger partial charge in [0, 0.05) is 5.69 Å². The topological polar surface area (TPSA) is 87.7 Å². The van der Waals surface area contributed by atoms with Crippen molar-refractivity contribution in [2.75, 3.05) is 37.9 Å². The van der Waals surface area contributed by atoms with Gasteiger partial charge in [0.1, 0.15) is 0 Å². The summed E-state index contributed by atoms with van der Waals surface area (Å²) in [5.41, 5.74) is 2.47. The minimum absolute atomic E-state index is 0.00164. The second-order valence-electron chi connectivity index (χ2n) is 6.32. The van der Waals surface area contributed by atoms with Crippen molar-refractivity contribution in [3.8, 4) is 0 Å². The third-order valence-corrected chi connectivity index (χ3v) is 4.11. The normalized spacial score (nSPS) is 10.4. The standard InChI is InChI=1S/C21H25N3O4/c1-4-15-9-5-7-11-17(15)22-19(25)13-24(2)14-20(26)23-18-12-8-6-10-16(18)21(27)28-3/h5-12H,4,13-14H2,1-3H3,(H,22,25)(H,23,26). The van der Waals surface area contributed by atoms with E-state index >= 15 is 0 Å². The Bertz CT molecular complexity index is 851. The Morgan fingerprint density at radius 2 is 1.43 bits per heavy atom. The molecule has 0 aliphatic heterocycles. The predicted octanol–water partition coefficient (Wildman–Crippen LogP) is 2.54. The zero-order valence-corrected chi connectivity index (χ0v) is 16.3. The molecule has 0 bridgehead atoms. The first-order valence-electron chi connectivity index (χ1n) is 8.98. The Morgan fingerprint density at radius 1 is 0.893 bits per heavy atom. The van der Waals surface area contributed by atoms with Crippen LogP contribution in [0.4, 0.5) is 11.4 Å². The highest BCUT2D eigenvalue weighted by Crippen LogP contribution is 2.16. The molecule has 0 fully saturated rings. The van der Waals surface area contributed by atoms with E-state index in [-0.39, 0.29) is 30.5 Å². The van der Waals surface area contributed by atoms with Gasteiger partial charge in [0.05, 0.1) is 31.5 Å². The van der Waals surface area contributed by atoms with Gasteiger partial charge in [-0.05, 0) is 37.2 Å². The summed E-state index contributed by atoms with van der Waals surface area (Å²) < 4.78 is 4.71. The lowest BCUT2D eigenvalue weighted by molar-refractivity contribution is -0.119. The molecule has 2 amide bonds. The number of nitrogens with zero attached hydrogens (tertiary/aromatic N) is 1. The molecule has 148 valence electrons. The van der Waals surface area contributed by atoms with Crippen molar-refractivity contribution in [2.45, 2.75) is 13.3 Å². The summed E-state index contributed by atoms with van der Waals surface area (Å²) in [5, 5.41) is 5.56. The van der Waals surface area contributed by atoms with Crippen LogP contribution >= 0.6 is 0 Å². The number of para-hydroxylation sites is 2. The van der Waals surface area contributed by atoms with Crippen LogP contribution in [0, 0.1) is 0 Å². The van der Waals surface area contributed by atoms with Crippen molar-refractivity contribution in [2.24, 2.45) is 0 Å². The third kappa shape index (κ3) is 5.92. The minimum atomic E-state index is -0.529. The number of benzene rings is 2. The molecule has 0 atom stereocenters. The smallest absolute Gasteiger partial charge is 0.339 e. The number of ether oxygens (including phenoxy) is 1. The molecule has 0 saturated carbocycles. The molecule has 2 N–H and O–H groups in total. The summed E-state index contributed by atoms with van der Waals surface area (Å²) in [7, 11) is 2.96. The molecule has 0 unspecified atom stereocenters. The molecule has 0 spiro atoms. The molecule has 2 rings (SSSR count). The van der Waals surface area contributed by atoms with Gasteiger partial charge in [0.15, 0.2) is 0 Å². The maximum Gasteiger partial charge on any atom is 0.339 e. The summed E-state index contributed by atoms with van der Waals surface area (Å²) in [4.78, 5) is 37.9. The number of hydrogen-bond donors (Lipinski definition) is 2. The number of amides is 2. The van der Waals surface area contributed by atoms with Crippen LogP contribution < -0.4 is 10.6 Å². The fraction of sp³-hybridized carbons (Fsp3) is 0.286.